The zero-order valence-corrected chi connectivity index (χ0v) is 10.9. The molecule has 1 aliphatic heterocycles. The van der Waals surface area contributed by atoms with Gasteiger partial charge >= 0.3 is 0 Å². The van der Waals surface area contributed by atoms with Crippen LogP contribution in [0.3, 0.4) is 0 Å². The largest absolute Gasteiger partial charge is 0.393 e. The van der Waals surface area contributed by atoms with Crippen LogP contribution in [0, 0.1) is 11.7 Å². The Morgan fingerprint density at radius 3 is 2.78 bits per heavy atom. The molecular formula is C14H21FN2O. The molecule has 100 valence electrons. The van der Waals surface area contributed by atoms with E-state index in [1.807, 2.05) is 24.8 Å². The minimum Gasteiger partial charge on any atom is -0.393 e. The van der Waals surface area contributed by atoms with Gasteiger partial charge in [0.2, 0.25) is 0 Å². The van der Waals surface area contributed by atoms with E-state index in [1.54, 1.807) is 6.07 Å². The number of hydrogen-bond acceptors (Lipinski definition) is 3. The van der Waals surface area contributed by atoms with E-state index in [2.05, 4.69) is 0 Å². The number of aliphatic hydroxyl groups is 1. The fourth-order valence-electron chi connectivity index (χ4n) is 2.41. The standard InChI is InChI=1S/C14H21FN2O/c1-9-8-17(6-5-14(9)18)13-4-3-11(10(2)16)7-12(13)15/h3-4,7,9-10,14,18H,5-6,8,16H2,1-2H3/t9?,10-,14?/m1/s1. The van der Waals surface area contributed by atoms with Crippen molar-refractivity contribution < 1.29 is 9.50 Å². The third kappa shape index (κ3) is 2.65. The number of halogens is 1. The van der Waals surface area contributed by atoms with Gasteiger partial charge in [-0.2, -0.15) is 0 Å². The Labute approximate surface area is 107 Å². The molecule has 0 aromatic heterocycles. The van der Waals surface area contributed by atoms with Crippen LogP contribution in [0.25, 0.3) is 0 Å². The predicted octanol–water partition coefficient (Wildman–Crippen LogP) is 2.05. The van der Waals surface area contributed by atoms with Crippen LogP contribution in [0.5, 0.6) is 0 Å². The molecule has 0 bridgehead atoms. The Balaban J connectivity index is 2.19. The third-order valence-electron chi connectivity index (χ3n) is 3.70. The van der Waals surface area contributed by atoms with Gasteiger partial charge in [0, 0.05) is 19.1 Å². The van der Waals surface area contributed by atoms with Gasteiger partial charge in [-0.1, -0.05) is 13.0 Å². The molecule has 0 spiro atoms. The molecule has 1 aliphatic rings. The first-order valence-corrected chi connectivity index (χ1v) is 6.47. The van der Waals surface area contributed by atoms with Gasteiger partial charge < -0.3 is 15.7 Å². The van der Waals surface area contributed by atoms with E-state index in [0.717, 1.165) is 5.56 Å². The van der Waals surface area contributed by atoms with E-state index in [0.29, 0.717) is 25.2 Å². The zero-order valence-electron chi connectivity index (χ0n) is 10.9. The quantitative estimate of drug-likeness (QED) is 0.847. The Kier molecular flexibility index (Phi) is 3.88. The second-order valence-electron chi connectivity index (χ2n) is 5.28. The molecule has 3 atom stereocenters. The SMILES string of the molecule is CC1CN(c2ccc([C@@H](C)N)cc2F)CCC1O. The van der Waals surface area contributed by atoms with Crippen LogP contribution in [0.1, 0.15) is 31.9 Å². The van der Waals surface area contributed by atoms with Crippen LogP contribution in [0.2, 0.25) is 0 Å². The highest BCUT2D eigenvalue weighted by molar-refractivity contribution is 5.50. The second-order valence-corrected chi connectivity index (χ2v) is 5.28. The summed E-state index contributed by atoms with van der Waals surface area (Å²) in [5.41, 5.74) is 7.15. The van der Waals surface area contributed by atoms with Gasteiger partial charge in [-0.15, -0.1) is 0 Å². The summed E-state index contributed by atoms with van der Waals surface area (Å²) < 4.78 is 14.1. The van der Waals surface area contributed by atoms with E-state index in [9.17, 15) is 9.50 Å². The van der Waals surface area contributed by atoms with Crippen molar-refractivity contribution in [2.45, 2.75) is 32.4 Å². The molecule has 0 saturated carbocycles. The lowest BCUT2D eigenvalue weighted by atomic mass is 9.96. The number of aliphatic hydroxyl groups excluding tert-OH is 1. The molecule has 0 radical (unpaired) electrons. The van der Waals surface area contributed by atoms with E-state index in [-0.39, 0.29) is 23.9 Å². The number of anilines is 1. The normalized spacial score (nSPS) is 26.2. The number of rotatable bonds is 2. The molecule has 2 rings (SSSR count). The molecule has 1 saturated heterocycles. The fourth-order valence-corrected chi connectivity index (χ4v) is 2.41. The van der Waals surface area contributed by atoms with Crippen molar-refractivity contribution in [3.63, 3.8) is 0 Å². The van der Waals surface area contributed by atoms with Gasteiger partial charge in [0.1, 0.15) is 5.82 Å². The lowest BCUT2D eigenvalue weighted by Gasteiger charge is -2.36. The first kappa shape index (κ1) is 13.3. The topological polar surface area (TPSA) is 49.5 Å². The highest BCUT2D eigenvalue weighted by atomic mass is 19.1. The van der Waals surface area contributed by atoms with Crippen LogP contribution in [0.4, 0.5) is 10.1 Å². The molecule has 4 heteroatoms. The zero-order chi connectivity index (χ0) is 13.3. The average Bonchev–Trinajstić information content (AvgIpc) is 2.32. The Morgan fingerprint density at radius 1 is 1.50 bits per heavy atom. The maximum atomic E-state index is 14.1. The van der Waals surface area contributed by atoms with Crippen molar-refractivity contribution in [3.8, 4) is 0 Å². The molecular weight excluding hydrogens is 231 g/mol. The molecule has 0 amide bonds. The number of nitrogens with zero attached hydrogens (tertiary/aromatic N) is 1. The molecule has 3 nitrogen and oxygen atoms in total. The number of nitrogens with two attached hydrogens (primary N) is 1. The summed E-state index contributed by atoms with van der Waals surface area (Å²) in [5, 5.41) is 9.69. The third-order valence-corrected chi connectivity index (χ3v) is 3.70. The number of hydrogen-bond donors (Lipinski definition) is 2. The van der Waals surface area contributed by atoms with E-state index in [4.69, 9.17) is 5.73 Å². The maximum absolute atomic E-state index is 14.1. The molecule has 18 heavy (non-hydrogen) atoms. The first-order chi connectivity index (χ1) is 8.49. The monoisotopic (exact) mass is 252 g/mol. The Morgan fingerprint density at radius 2 is 2.22 bits per heavy atom. The molecule has 2 unspecified atom stereocenters. The highest BCUT2D eigenvalue weighted by Gasteiger charge is 2.25. The molecule has 1 aromatic rings. The van der Waals surface area contributed by atoms with Crippen molar-refractivity contribution in [1.82, 2.24) is 0 Å². The van der Waals surface area contributed by atoms with Crippen molar-refractivity contribution in [2.24, 2.45) is 11.7 Å². The summed E-state index contributed by atoms with van der Waals surface area (Å²) in [6.07, 6.45) is 0.419. The number of benzene rings is 1. The highest BCUT2D eigenvalue weighted by Crippen LogP contribution is 2.27. The van der Waals surface area contributed by atoms with Gasteiger partial charge in [-0.25, -0.2) is 4.39 Å². The molecule has 1 heterocycles. The molecule has 1 fully saturated rings. The summed E-state index contributed by atoms with van der Waals surface area (Å²) in [6, 6.07) is 5.02. The van der Waals surface area contributed by atoms with Crippen molar-refractivity contribution in [2.75, 3.05) is 18.0 Å². The smallest absolute Gasteiger partial charge is 0.146 e. The summed E-state index contributed by atoms with van der Waals surface area (Å²) in [7, 11) is 0. The summed E-state index contributed by atoms with van der Waals surface area (Å²) in [6.45, 7) is 5.22. The Bertz CT molecular complexity index is 422. The number of piperidine rings is 1. The van der Waals surface area contributed by atoms with Crippen LogP contribution < -0.4 is 10.6 Å². The summed E-state index contributed by atoms with van der Waals surface area (Å²) in [5.74, 6) is -0.0559. The van der Waals surface area contributed by atoms with Crippen LogP contribution >= 0.6 is 0 Å². The first-order valence-electron chi connectivity index (χ1n) is 6.47. The van der Waals surface area contributed by atoms with Gasteiger partial charge in [-0.3, -0.25) is 0 Å². The maximum Gasteiger partial charge on any atom is 0.146 e. The minimum atomic E-state index is -0.271. The van der Waals surface area contributed by atoms with Crippen LogP contribution in [-0.2, 0) is 0 Å². The molecule has 0 aliphatic carbocycles. The predicted molar refractivity (Wildman–Crippen MR) is 71.0 cm³/mol. The van der Waals surface area contributed by atoms with E-state index >= 15 is 0 Å². The van der Waals surface area contributed by atoms with Crippen LogP contribution in [0.15, 0.2) is 18.2 Å². The van der Waals surface area contributed by atoms with Crippen LogP contribution in [-0.4, -0.2) is 24.3 Å². The van der Waals surface area contributed by atoms with Gasteiger partial charge in [0.25, 0.3) is 0 Å². The average molecular weight is 252 g/mol. The van der Waals surface area contributed by atoms with E-state index in [1.165, 1.54) is 6.07 Å². The van der Waals surface area contributed by atoms with E-state index < -0.39 is 0 Å². The van der Waals surface area contributed by atoms with Crippen molar-refractivity contribution in [3.05, 3.63) is 29.6 Å². The molecule has 3 N–H and O–H groups in total. The van der Waals surface area contributed by atoms with Gasteiger partial charge in [0.05, 0.1) is 11.8 Å². The summed E-state index contributed by atoms with van der Waals surface area (Å²) in [4.78, 5) is 2.00. The Hall–Kier alpha value is -1.13. The van der Waals surface area contributed by atoms with Crippen molar-refractivity contribution in [1.29, 1.82) is 0 Å². The van der Waals surface area contributed by atoms with Crippen molar-refractivity contribution >= 4 is 5.69 Å². The van der Waals surface area contributed by atoms with Gasteiger partial charge in [0.15, 0.2) is 0 Å². The molecule has 1 aromatic carbocycles. The second kappa shape index (κ2) is 5.24. The minimum absolute atomic E-state index is 0.157. The summed E-state index contributed by atoms with van der Waals surface area (Å²) >= 11 is 0. The lowest BCUT2D eigenvalue weighted by molar-refractivity contribution is 0.0969. The van der Waals surface area contributed by atoms with Gasteiger partial charge in [-0.05, 0) is 37.0 Å². The fraction of sp³-hybridized carbons (Fsp3) is 0.571. The lowest BCUT2D eigenvalue weighted by Crippen LogP contribution is -2.42.